The van der Waals surface area contributed by atoms with Gasteiger partial charge in [-0.1, -0.05) is 0 Å². The Bertz CT molecular complexity index is 220. The fourth-order valence-electron chi connectivity index (χ4n) is 1.01. The quantitative estimate of drug-likeness (QED) is 0.656. The topological polar surface area (TPSA) is 37.2 Å². The highest BCUT2D eigenvalue weighted by atomic mass is 16.4. The SMILES string of the molecule is CNCCCNc1ccc(C)o1. The summed E-state index contributed by atoms with van der Waals surface area (Å²) in [6.45, 7) is 3.93. The number of hydrogen-bond acceptors (Lipinski definition) is 3. The van der Waals surface area contributed by atoms with Crippen LogP contribution in [0.5, 0.6) is 0 Å². The highest BCUT2D eigenvalue weighted by molar-refractivity contribution is 5.31. The average Bonchev–Trinajstić information content (AvgIpc) is 2.45. The van der Waals surface area contributed by atoms with E-state index in [2.05, 4.69) is 10.6 Å². The molecule has 0 atom stereocenters. The van der Waals surface area contributed by atoms with E-state index in [4.69, 9.17) is 4.42 Å². The van der Waals surface area contributed by atoms with Gasteiger partial charge in [-0.3, -0.25) is 0 Å². The van der Waals surface area contributed by atoms with Gasteiger partial charge in [0.05, 0.1) is 0 Å². The van der Waals surface area contributed by atoms with Crippen LogP contribution in [-0.4, -0.2) is 20.1 Å². The molecule has 0 saturated carbocycles. The van der Waals surface area contributed by atoms with Gasteiger partial charge < -0.3 is 15.1 Å². The number of nitrogens with one attached hydrogen (secondary N) is 2. The van der Waals surface area contributed by atoms with Crippen LogP contribution in [0.1, 0.15) is 12.2 Å². The molecule has 0 saturated heterocycles. The van der Waals surface area contributed by atoms with Gasteiger partial charge in [-0.05, 0) is 33.0 Å². The molecule has 2 N–H and O–H groups in total. The molecular formula is C9H16N2O. The number of aryl methyl sites for hydroxylation is 1. The Hall–Kier alpha value is -0.960. The van der Waals surface area contributed by atoms with Gasteiger partial charge in [-0.15, -0.1) is 0 Å². The van der Waals surface area contributed by atoms with E-state index in [1.54, 1.807) is 0 Å². The van der Waals surface area contributed by atoms with Crippen molar-refractivity contribution in [2.45, 2.75) is 13.3 Å². The van der Waals surface area contributed by atoms with E-state index in [1.807, 2.05) is 26.1 Å². The van der Waals surface area contributed by atoms with Crippen LogP contribution in [0.25, 0.3) is 0 Å². The van der Waals surface area contributed by atoms with Crippen molar-refractivity contribution in [3.05, 3.63) is 17.9 Å². The fourth-order valence-corrected chi connectivity index (χ4v) is 1.01. The van der Waals surface area contributed by atoms with Gasteiger partial charge in [-0.2, -0.15) is 0 Å². The van der Waals surface area contributed by atoms with Gasteiger partial charge in [0.25, 0.3) is 0 Å². The van der Waals surface area contributed by atoms with E-state index in [0.29, 0.717) is 0 Å². The standard InChI is InChI=1S/C9H16N2O/c1-8-4-5-9(12-8)11-7-3-6-10-2/h4-5,10-11H,3,6-7H2,1-2H3. The molecule has 0 fully saturated rings. The molecule has 0 aliphatic heterocycles. The lowest BCUT2D eigenvalue weighted by Gasteiger charge is -2.01. The summed E-state index contributed by atoms with van der Waals surface area (Å²) >= 11 is 0. The summed E-state index contributed by atoms with van der Waals surface area (Å²) in [6.07, 6.45) is 1.11. The van der Waals surface area contributed by atoms with Gasteiger partial charge in [0.2, 0.25) is 0 Å². The van der Waals surface area contributed by atoms with Gasteiger partial charge in [-0.25, -0.2) is 0 Å². The minimum atomic E-state index is 0.864. The molecular weight excluding hydrogens is 152 g/mol. The van der Waals surface area contributed by atoms with Crippen molar-refractivity contribution in [3.63, 3.8) is 0 Å². The van der Waals surface area contributed by atoms with E-state index < -0.39 is 0 Å². The summed E-state index contributed by atoms with van der Waals surface area (Å²) in [5.41, 5.74) is 0. The van der Waals surface area contributed by atoms with Crippen LogP contribution in [0.3, 0.4) is 0 Å². The molecule has 0 unspecified atom stereocenters. The van der Waals surface area contributed by atoms with Crippen LogP contribution in [0, 0.1) is 6.92 Å². The summed E-state index contributed by atoms with van der Waals surface area (Å²) < 4.78 is 5.33. The zero-order valence-electron chi connectivity index (χ0n) is 7.68. The van der Waals surface area contributed by atoms with E-state index in [1.165, 1.54) is 0 Å². The normalized spacial score (nSPS) is 10.2. The van der Waals surface area contributed by atoms with Crippen molar-refractivity contribution in [1.82, 2.24) is 5.32 Å². The Morgan fingerprint density at radius 1 is 1.33 bits per heavy atom. The maximum Gasteiger partial charge on any atom is 0.193 e. The third kappa shape index (κ3) is 2.96. The summed E-state index contributed by atoms with van der Waals surface area (Å²) in [7, 11) is 1.96. The molecule has 0 aliphatic rings. The number of hydrogen-bond donors (Lipinski definition) is 2. The first-order chi connectivity index (χ1) is 5.83. The summed E-state index contributed by atoms with van der Waals surface area (Å²) in [6, 6.07) is 3.91. The lowest BCUT2D eigenvalue weighted by molar-refractivity contribution is 0.544. The van der Waals surface area contributed by atoms with Crippen LogP contribution in [0.2, 0.25) is 0 Å². The molecule has 0 amide bonds. The highest BCUT2D eigenvalue weighted by Crippen LogP contribution is 2.11. The molecule has 3 heteroatoms. The molecule has 1 aromatic heterocycles. The van der Waals surface area contributed by atoms with Crippen molar-refractivity contribution in [2.24, 2.45) is 0 Å². The molecule has 0 spiro atoms. The van der Waals surface area contributed by atoms with Crippen molar-refractivity contribution >= 4 is 5.88 Å². The molecule has 1 rings (SSSR count). The third-order valence-electron chi connectivity index (χ3n) is 1.64. The molecule has 0 radical (unpaired) electrons. The Labute approximate surface area is 73.2 Å². The second-order valence-electron chi connectivity index (χ2n) is 2.79. The molecule has 1 heterocycles. The zero-order valence-corrected chi connectivity index (χ0v) is 7.68. The summed E-state index contributed by atoms with van der Waals surface area (Å²) in [5.74, 6) is 1.81. The third-order valence-corrected chi connectivity index (χ3v) is 1.64. The lowest BCUT2D eigenvalue weighted by Crippen LogP contribution is -2.12. The predicted molar refractivity (Wildman–Crippen MR) is 50.5 cm³/mol. The predicted octanol–water partition coefficient (Wildman–Crippen LogP) is 1.61. The maximum absolute atomic E-state index is 5.33. The van der Waals surface area contributed by atoms with Crippen LogP contribution in [-0.2, 0) is 0 Å². The average molecular weight is 168 g/mol. The molecule has 1 aromatic rings. The van der Waals surface area contributed by atoms with E-state index in [-0.39, 0.29) is 0 Å². The zero-order chi connectivity index (χ0) is 8.81. The van der Waals surface area contributed by atoms with Gasteiger partial charge in [0, 0.05) is 12.6 Å². The minimum Gasteiger partial charge on any atom is -0.446 e. The first-order valence-electron chi connectivity index (χ1n) is 4.28. The van der Waals surface area contributed by atoms with Crippen molar-refractivity contribution in [3.8, 4) is 0 Å². The van der Waals surface area contributed by atoms with E-state index >= 15 is 0 Å². The monoisotopic (exact) mass is 168 g/mol. The number of furan rings is 1. The largest absolute Gasteiger partial charge is 0.446 e. The molecule has 0 aliphatic carbocycles. The lowest BCUT2D eigenvalue weighted by atomic mass is 10.4. The summed E-state index contributed by atoms with van der Waals surface area (Å²) in [5, 5.41) is 6.28. The Morgan fingerprint density at radius 3 is 2.75 bits per heavy atom. The number of anilines is 1. The van der Waals surface area contributed by atoms with Crippen molar-refractivity contribution in [1.29, 1.82) is 0 Å². The van der Waals surface area contributed by atoms with E-state index in [9.17, 15) is 0 Å². The highest BCUT2D eigenvalue weighted by Gasteiger charge is 1.94. The first kappa shape index (κ1) is 9.13. The second-order valence-corrected chi connectivity index (χ2v) is 2.79. The minimum absolute atomic E-state index is 0.864. The van der Waals surface area contributed by atoms with E-state index in [0.717, 1.165) is 31.2 Å². The van der Waals surface area contributed by atoms with Crippen LogP contribution < -0.4 is 10.6 Å². The molecule has 0 bridgehead atoms. The second kappa shape index (κ2) is 4.83. The molecule has 3 nitrogen and oxygen atoms in total. The smallest absolute Gasteiger partial charge is 0.193 e. The van der Waals surface area contributed by atoms with Crippen LogP contribution >= 0.6 is 0 Å². The Kier molecular flexibility index (Phi) is 3.67. The van der Waals surface area contributed by atoms with Gasteiger partial charge in [0.1, 0.15) is 5.76 Å². The maximum atomic E-state index is 5.33. The van der Waals surface area contributed by atoms with Gasteiger partial charge in [0.15, 0.2) is 5.88 Å². The number of rotatable bonds is 5. The molecule has 0 aromatic carbocycles. The first-order valence-corrected chi connectivity index (χ1v) is 4.28. The van der Waals surface area contributed by atoms with Gasteiger partial charge >= 0.3 is 0 Å². The Balaban J connectivity index is 2.15. The van der Waals surface area contributed by atoms with Crippen molar-refractivity contribution < 1.29 is 4.42 Å². The molecule has 68 valence electrons. The Morgan fingerprint density at radius 2 is 2.17 bits per heavy atom. The van der Waals surface area contributed by atoms with Crippen LogP contribution in [0.15, 0.2) is 16.5 Å². The van der Waals surface area contributed by atoms with Crippen LogP contribution in [0.4, 0.5) is 5.88 Å². The van der Waals surface area contributed by atoms with Crippen molar-refractivity contribution in [2.75, 3.05) is 25.5 Å². The summed E-state index contributed by atoms with van der Waals surface area (Å²) in [4.78, 5) is 0. The molecule has 12 heavy (non-hydrogen) atoms. The fraction of sp³-hybridized carbons (Fsp3) is 0.556.